The molecular formula is C17H17N3O2S. The van der Waals surface area contributed by atoms with Gasteiger partial charge in [0, 0.05) is 10.9 Å². The van der Waals surface area contributed by atoms with Crippen molar-refractivity contribution in [3.05, 3.63) is 58.4 Å². The van der Waals surface area contributed by atoms with Crippen LogP contribution in [-0.4, -0.2) is 15.9 Å². The van der Waals surface area contributed by atoms with Crippen LogP contribution in [0.2, 0.25) is 0 Å². The van der Waals surface area contributed by atoms with Crippen molar-refractivity contribution in [1.82, 2.24) is 15.3 Å². The van der Waals surface area contributed by atoms with Gasteiger partial charge in [0.15, 0.2) is 0 Å². The number of hydrogen-bond acceptors (Lipinski definition) is 5. The number of hydrogen-bond donors (Lipinski definition) is 1. The third kappa shape index (κ3) is 3.84. The van der Waals surface area contributed by atoms with Crippen molar-refractivity contribution >= 4 is 17.2 Å². The lowest BCUT2D eigenvalue weighted by Gasteiger charge is -1.99. The van der Waals surface area contributed by atoms with Gasteiger partial charge in [-0.2, -0.15) is 0 Å². The van der Waals surface area contributed by atoms with E-state index in [9.17, 15) is 4.79 Å². The van der Waals surface area contributed by atoms with Crippen LogP contribution >= 0.6 is 11.3 Å². The monoisotopic (exact) mass is 327 g/mol. The number of nitrogens with zero attached hydrogens (tertiary/aromatic N) is 2. The summed E-state index contributed by atoms with van der Waals surface area (Å²) < 4.78 is 5.45. The van der Waals surface area contributed by atoms with E-state index in [1.807, 2.05) is 30.3 Å². The van der Waals surface area contributed by atoms with Gasteiger partial charge in [-0.1, -0.05) is 25.1 Å². The molecule has 2 heterocycles. The van der Waals surface area contributed by atoms with Gasteiger partial charge >= 0.3 is 0 Å². The van der Waals surface area contributed by atoms with E-state index in [1.165, 1.54) is 11.3 Å². The fourth-order valence-electron chi connectivity index (χ4n) is 2.11. The van der Waals surface area contributed by atoms with Crippen molar-refractivity contribution in [3.8, 4) is 11.5 Å². The zero-order valence-corrected chi connectivity index (χ0v) is 13.6. The molecule has 0 aliphatic rings. The first-order valence-electron chi connectivity index (χ1n) is 7.48. The summed E-state index contributed by atoms with van der Waals surface area (Å²) in [7, 11) is 0. The molecule has 1 aromatic carbocycles. The maximum Gasteiger partial charge on any atom is 0.271 e. The summed E-state index contributed by atoms with van der Waals surface area (Å²) >= 11 is 1.52. The quantitative estimate of drug-likeness (QED) is 0.750. The molecule has 2 aromatic heterocycles. The van der Waals surface area contributed by atoms with Crippen LogP contribution in [0.3, 0.4) is 0 Å². The number of nitrogens with one attached hydrogen (secondary N) is 1. The van der Waals surface area contributed by atoms with Gasteiger partial charge in [-0.05, 0) is 25.0 Å². The summed E-state index contributed by atoms with van der Waals surface area (Å²) in [4.78, 5) is 20.8. The normalized spacial score (nSPS) is 10.7. The second kappa shape index (κ2) is 7.19. The molecule has 3 rings (SSSR count). The van der Waals surface area contributed by atoms with Crippen molar-refractivity contribution < 1.29 is 9.21 Å². The first-order chi connectivity index (χ1) is 11.3. The van der Waals surface area contributed by atoms with Crippen LogP contribution in [0.1, 0.15) is 34.5 Å². The molecule has 0 fully saturated rings. The molecule has 118 valence electrons. The third-order valence-corrected chi connectivity index (χ3v) is 4.16. The zero-order valence-electron chi connectivity index (χ0n) is 12.8. The van der Waals surface area contributed by atoms with Gasteiger partial charge in [-0.25, -0.2) is 9.97 Å². The summed E-state index contributed by atoms with van der Waals surface area (Å²) in [6, 6.07) is 9.65. The van der Waals surface area contributed by atoms with Crippen LogP contribution in [0.4, 0.5) is 0 Å². The number of rotatable bonds is 6. The van der Waals surface area contributed by atoms with E-state index >= 15 is 0 Å². The molecule has 0 saturated carbocycles. The van der Waals surface area contributed by atoms with Crippen molar-refractivity contribution in [1.29, 1.82) is 0 Å². The molecular weight excluding hydrogens is 310 g/mol. The highest BCUT2D eigenvalue weighted by molar-refractivity contribution is 7.09. The van der Waals surface area contributed by atoms with Crippen LogP contribution in [0.5, 0.6) is 0 Å². The topological polar surface area (TPSA) is 68.0 Å². The Morgan fingerprint density at radius 3 is 2.87 bits per heavy atom. The molecule has 0 radical (unpaired) electrons. The molecule has 0 bridgehead atoms. The summed E-state index contributed by atoms with van der Waals surface area (Å²) in [5.74, 6) is 0.363. The number of oxazole rings is 1. The number of thiazole rings is 1. The number of aromatic nitrogens is 2. The van der Waals surface area contributed by atoms with E-state index in [4.69, 9.17) is 4.42 Å². The lowest BCUT2D eigenvalue weighted by Crippen LogP contribution is -2.23. The van der Waals surface area contributed by atoms with E-state index in [0.29, 0.717) is 23.8 Å². The Hall–Kier alpha value is -2.47. The van der Waals surface area contributed by atoms with E-state index in [2.05, 4.69) is 22.2 Å². The highest BCUT2D eigenvalue weighted by Crippen LogP contribution is 2.18. The van der Waals surface area contributed by atoms with Gasteiger partial charge in [0.2, 0.25) is 5.89 Å². The molecule has 0 aliphatic carbocycles. The zero-order chi connectivity index (χ0) is 16.1. The van der Waals surface area contributed by atoms with Gasteiger partial charge in [0.05, 0.1) is 17.2 Å². The SMILES string of the molecule is CCCc1nc(C(=O)NCc2coc(-c3ccccc3)n2)cs1. The van der Waals surface area contributed by atoms with Crippen molar-refractivity contribution in [3.63, 3.8) is 0 Å². The second-order valence-corrected chi connectivity index (χ2v) is 6.01. The number of aryl methyl sites for hydroxylation is 1. The summed E-state index contributed by atoms with van der Waals surface area (Å²) in [5.41, 5.74) is 2.06. The molecule has 5 nitrogen and oxygen atoms in total. The van der Waals surface area contributed by atoms with Gasteiger partial charge in [-0.3, -0.25) is 4.79 Å². The summed E-state index contributed by atoms with van der Waals surface area (Å²) in [5, 5.41) is 5.60. The van der Waals surface area contributed by atoms with Crippen LogP contribution in [0, 0.1) is 0 Å². The highest BCUT2D eigenvalue weighted by Gasteiger charge is 2.12. The van der Waals surface area contributed by atoms with Crippen molar-refractivity contribution in [2.45, 2.75) is 26.3 Å². The Labute approximate surface area is 138 Å². The highest BCUT2D eigenvalue weighted by atomic mass is 32.1. The van der Waals surface area contributed by atoms with E-state index in [0.717, 1.165) is 23.4 Å². The Morgan fingerprint density at radius 2 is 2.09 bits per heavy atom. The standard InChI is InChI=1S/C17H17N3O2S/c1-2-6-15-20-14(11-23-15)16(21)18-9-13-10-22-17(19-13)12-7-4-3-5-8-12/h3-5,7-8,10-11H,2,6,9H2,1H3,(H,18,21). The second-order valence-electron chi connectivity index (χ2n) is 5.07. The summed E-state index contributed by atoms with van der Waals surface area (Å²) in [6.45, 7) is 2.41. The predicted octanol–water partition coefficient (Wildman–Crippen LogP) is 3.68. The number of carbonyl (C=O) groups excluding carboxylic acids is 1. The maximum atomic E-state index is 12.1. The van der Waals surface area contributed by atoms with Crippen LogP contribution in [0.25, 0.3) is 11.5 Å². The molecule has 23 heavy (non-hydrogen) atoms. The number of benzene rings is 1. The first kappa shape index (κ1) is 15.4. The lowest BCUT2D eigenvalue weighted by atomic mass is 10.2. The predicted molar refractivity (Wildman–Crippen MR) is 89.2 cm³/mol. The minimum absolute atomic E-state index is 0.187. The smallest absolute Gasteiger partial charge is 0.271 e. The minimum atomic E-state index is -0.187. The molecule has 6 heteroatoms. The van der Waals surface area contributed by atoms with E-state index in [1.54, 1.807) is 11.6 Å². The summed E-state index contributed by atoms with van der Waals surface area (Å²) in [6.07, 6.45) is 3.49. The van der Waals surface area contributed by atoms with Gasteiger partial charge in [0.1, 0.15) is 12.0 Å². The van der Waals surface area contributed by atoms with Crippen LogP contribution in [-0.2, 0) is 13.0 Å². The van der Waals surface area contributed by atoms with Crippen molar-refractivity contribution in [2.75, 3.05) is 0 Å². The number of carbonyl (C=O) groups is 1. The first-order valence-corrected chi connectivity index (χ1v) is 8.36. The Morgan fingerprint density at radius 1 is 1.26 bits per heavy atom. The maximum absolute atomic E-state index is 12.1. The van der Waals surface area contributed by atoms with Gasteiger partial charge in [0.25, 0.3) is 5.91 Å². The Kier molecular flexibility index (Phi) is 4.83. The van der Waals surface area contributed by atoms with Crippen LogP contribution in [0.15, 0.2) is 46.4 Å². The molecule has 1 amide bonds. The Balaban J connectivity index is 1.60. The van der Waals surface area contributed by atoms with E-state index < -0.39 is 0 Å². The van der Waals surface area contributed by atoms with Gasteiger partial charge < -0.3 is 9.73 Å². The largest absolute Gasteiger partial charge is 0.444 e. The Bertz CT molecular complexity index is 780. The third-order valence-electron chi connectivity index (χ3n) is 3.25. The molecule has 0 atom stereocenters. The minimum Gasteiger partial charge on any atom is -0.444 e. The average molecular weight is 327 g/mol. The molecule has 0 saturated heterocycles. The fourth-order valence-corrected chi connectivity index (χ4v) is 2.99. The molecule has 3 aromatic rings. The fraction of sp³-hybridized carbons (Fsp3) is 0.235. The molecule has 0 aliphatic heterocycles. The van der Waals surface area contributed by atoms with Crippen molar-refractivity contribution in [2.24, 2.45) is 0 Å². The average Bonchev–Trinajstić information content (AvgIpc) is 3.23. The van der Waals surface area contributed by atoms with Crippen LogP contribution < -0.4 is 5.32 Å². The van der Waals surface area contributed by atoms with E-state index in [-0.39, 0.29) is 5.91 Å². The molecule has 1 N–H and O–H groups in total. The lowest BCUT2D eigenvalue weighted by molar-refractivity contribution is 0.0946. The molecule has 0 spiro atoms. The molecule has 0 unspecified atom stereocenters. The number of amides is 1. The van der Waals surface area contributed by atoms with Gasteiger partial charge in [-0.15, -0.1) is 11.3 Å².